The molecule has 0 aromatic rings. The lowest BCUT2D eigenvalue weighted by Gasteiger charge is -2.72. The second kappa shape index (κ2) is 37.4. The molecule has 14 aliphatic rings. The molecule has 44 nitrogen and oxygen atoms in total. The molecule has 0 aromatic heterocycles. The zero-order valence-electron chi connectivity index (χ0n) is 70.1. The molecule has 14 rings (SSSR count). The highest BCUT2D eigenvalue weighted by atomic mass is 16.8. The van der Waals surface area contributed by atoms with Crippen LogP contribution in [0.1, 0.15) is 113 Å². The van der Waals surface area contributed by atoms with Gasteiger partial charge in [0.05, 0.1) is 89.3 Å². The summed E-state index contributed by atoms with van der Waals surface area (Å²) >= 11 is 0. The molecule has 0 radical (unpaired) electrons. The molecule has 9 saturated heterocycles. The van der Waals surface area contributed by atoms with Crippen LogP contribution in [0.4, 0.5) is 0 Å². The summed E-state index contributed by atoms with van der Waals surface area (Å²) in [6.07, 6.45) is -69.1. The molecule has 25 N–H and O–H groups in total. The van der Waals surface area contributed by atoms with Gasteiger partial charge in [0.15, 0.2) is 56.4 Å². The number of aliphatic hydroxyl groups excluding tert-OH is 24. The Hall–Kier alpha value is -2.47. The second-order valence-corrected chi connectivity index (χ2v) is 38.6. The minimum atomic E-state index is -2.31. The Morgan fingerprint density at radius 2 is 0.895 bits per heavy atom. The van der Waals surface area contributed by atoms with Crippen LogP contribution in [0, 0.1) is 50.2 Å². The molecule has 4 saturated carbocycles. The van der Waals surface area contributed by atoms with Crippen molar-refractivity contribution in [3.05, 3.63) is 11.6 Å². The Morgan fingerprint density at radius 3 is 1.50 bits per heavy atom. The number of carbonyl (C=O) groups excluding carboxylic acids is 1. The standard InChI is InChI=1S/C80H130O44/c1-28-41(90)48(97)60(121-67-51(100)47(96)44(93)37(20-82)114-67)71(111-28)117-56-34(88)23-108-65(52(56)101)116-55-29(2)112-68(54(103)59(55)120-64-49(98)42(91)33(87)22-107-64)122-61-57(118-72-62(104)80(106,26-85)27-110-72)35(89)24-109-70(61)124-73(105)79-15-13-74(3,4)17-31(79)30-9-10-40-75(5)18-32(86)63(76(6,25-84)39(75)11-12-78(40,8)77(30,7)14-16-79)123-69-53(102)58(45(94)38(21-83)115-69)119-66-50(99)46(95)43(92)36(19-81)113-66/h9,28-29,31-72,81-104,106H,10-27H2,1-8H3/t28-,29-,31-,32-,33+,34+,35-,36+,37+,38+,39+,40+,41-,42-,43+,44-,45+,46-,47-,48+,49+,50+,51+,52+,53+,54+,55-,56-,57-,58-,59-,60+,61+,62-,63-,64-,65-,66-,67-,68-,69-,70-,71-,72-,75-,76-,77+,78+,79-,80+/m0/s1. The van der Waals surface area contributed by atoms with Gasteiger partial charge < -0.3 is 213 Å². The summed E-state index contributed by atoms with van der Waals surface area (Å²) in [5, 5.41) is 279. The number of rotatable bonds is 23. The Kier molecular flexibility index (Phi) is 29.4. The topological polar surface area (TPSA) is 689 Å². The first kappa shape index (κ1) is 97.6. The molecule has 50 atom stereocenters. The van der Waals surface area contributed by atoms with Gasteiger partial charge in [0, 0.05) is 5.41 Å². The fraction of sp³-hybridized carbons (Fsp3) is 0.963. The highest BCUT2D eigenvalue weighted by Crippen LogP contribution is 2.76. The number of aliphatic hydroxyl groups is 25. The van der Waals surface area contributed by atoms with Crippen molar-refractivity contribution < 1.29 is 218 Å². The number of carbonyl (C=O) groups is 1. The van der Waals surface area contributed by atoms with Crippen LogP contribution in [0.15, 0.2) is 11.6 Å². The van der Waals surface area contributed by atoms with Gasteiger partial charge in [-0.15, -0.1) is 0 Å². The van der Waals surface area contributed by atoms with Gasteiger partial charge >= 0.3 is 5.97 Å². The third-order valence-corrected chi connectivity index (χ3v) is 30.6. The quantitative estimate of drug-likeness (QED) is 0.0257. The minimum absolute atomic E-state index is 0.0979. The zero-order chi connectivity index (χ0) is 90.2. The predicted octanol–water partition coefficient (Wildman–Crippen LogP) is -10.4. The van der Waals surface area contributed by atoms with Gasteiger partial charge in [-0.3, -0.25) is 4.79 Å². The fourth-order valence-electron chi connectivity index (χ4n) is 22.9. The van der Waals surface area contributed by atoms with E-state index in [2.05, 4.69) is 40.7 Å². The summed E-state index contributed by atoms with van der Waals surface area (Å²) in [6, 6.07) is 0. The van der Waals surface area contributed by atoms with Crippen LogP contribution in [0.25, 0.3) is 0 Å². The lowest BCUT2D eigenvalue weighted by Crippen LogP contribution is -2.70. The molecule has 124 heavy (non-hydrogen) atoms. The molecule has 0 spiro atoms. The smallest absolute Gasteiger partial charge is 0.315 e. The molecule has 714 valence electrons. The second-order valence-electron chi connectivity index (χ2n) is 38.6. The lowest BCUT2D eigenvalue weighted by atomic mass is 9.33. The SMILES string of the molecule is C[C@@H]1O[C@@H](O[C@@H]2[C@@H](O)[C@H](O[C@@H]3[C@@H](O[C@@H]4OC[C@@H](O)[C@H](O)[C@H]4O)[C@@H](O)[C@H](O[C@H]4[C@H](OC(=O)[C@]56CCC(C)(C)C[C@H]5C5=CC[C@@H]7[C@@]8(C)C[C@H](O)[C@H](O[C@@H]9O[C@H](CO)[C@@H](O)[C@H](O[C@@H]%10O[C@H](CO)[C@@H](O)[C@H](O)[C@H]%10O)[C@H]9O)[C@@](C)(CO)[C@@H]8CC[C@@]7(C)[C@]5(C)CC6)OC[C@H](O)[C@@H]4O[C@@H]4OC[C@](O)(CO)[C@H]4O)O[C@H]3C)OC[C@H]2O)[C@H](O[C@@H]2O[C@H](CO)[C@H](O)[C@H](O)[C@H]2O)[C@H](O)[C@H]1O. The predicted molar refractivity (Wildman–Crippen MR) is 402 cm³/mol. The summed E-state index contributed by atoms with van der Waals surface area (Å²) in [5.41, 5.74) is -6.36. The van der Waals surface area contributed by atoms with E-state index in [1.807, 2.05) is 0 Å². The van der Waals surface area contributed by atoms with E-state index < -0.39 is 362 Å². The summed E-state index contributed by atoms with van der Waals surface area (Å²) in [5.74, 6) is -1.93. The average molecular weight is 1800 g/mol. The molecule has 0 amide bonds. The van der Waals surface area contributed by atoms with Crippen molar-refractivity contribution in [2.45, 2.75) is 371 Å². The lowest BCUT2D eigenvalue weighted by molar-refractivity contribution is -0.400. The third kappa shape index (κ3) is 17.2. The van der Waals surface area contributed by atoms with Crippen LogP contribution < -0.4 is 0 Å². The van der Waals surface area contributed by atoms with E-state index in [0.717, 1.165) is 5.57 Å². The van der Waals surface area contributed by atoms with Crippen molar-refractivity contribution in [1.29, 1.82) is 0 Å². The number of fused-ring (bicyclic) bond motifs is 7. The van der Waals surface area contributed by atoms with Gasteiger partial charge in [-0.25, -0.2) is 0 Å². The summed E-state index contributed by atoms with van der Waals surface area (Å²) in [7, 11) is 0. The van der Waals surface area contributed by atoms with Gasteiger partial charge in [0.25, 0.3) is 0 Å². The summed E-state index contributed by atoms with van der Waals surface area (Å²) in [6.45, 7) is 8.32. The Balaban J connectivity index is 0.727. The first-order chi connectivity index (χ1) is 58.3. The first-order valence-corrected chi connectivity index (χ1v) is 42.9. The molecule has 9 aliphatic heterocycles. The zero-order valence-corrected chi connectivity index (χ0v) is 70.1. The third-order valence-electron chi connectivity index (χ3n) is 30.6. The van der Waals surface area contributed by atoms with E-state index in [1.165, 1.54) is 13.8 Å². The largest absolute Gasteiger partial charge is 0.432 e. The van der Waals surface area contributed by atoms with Gasteiger partial charge in [0.2, 0.25) is 6.29 Å². The molecular weight excluding hydrogens is 1660 g/mol. The normalized spacial score (nSPS) is 55.3. The maximum Gasteiger partial charge on any atom is 0.315 e. The van der Waals surface area contributed by atoms with Crippen molar-refractivity contribution in [3.63, 3.8) is 0 Å². The van der Waals surface area contributed by atoms with Crippen LogP contribution in [0.3, 0.4) is 0 Å². The van der Waals surface area contributed by atoms with Crippen molar-refractivity contribution in [1.82, 2.24) is 0 Å². The maximum atomic E-state index is 16.3. The van der Waals surface area contributed by atoms with Crippen LogP contribution in [0.2, 0.25) is 0 Å². The number of ether oxygens (including phenoxy) is 18. The maximum absolute atomic E-state index is 16.3. The molecule has 5 aliphatic carbocycles. The molecule has 13 fully saturated rings. The Labute approximate surface area is 713 Å². The molecule has 0 bridgehead atoms. The minimum Gasteiger partial charge on any atom is -0.432 e. The van der Waals surface area contributed by atoms with Gasteiger partial charge in [-0.1, -0.05) is 53.2 Å². The monoisotopic (exact) mass is 1790 g/mol. The van der Waals surface area contributed by atoms with Crippen molar-refractivity contribution in [2.75, 3.05) is 59.5 Å². The van der Waals surface area contributed by atoms with E-state index in [0.29, 0.717) is 38.5 Å². The molecule has 9 heterocycles. The number of esters is 1. The van der Waals surface area contributed by atoms with Crippen LogP contribution >= 0.6 is 0 Å². The number of hydrogen-bond donors (Lipinski definition) is 25. The molecular formula is C80H130O44. The highest BCUT2D eigenvalue weighted by Gasteiger charge is 2.73. The van der Waals surface area contributed by atoms with Crippen molar-refractivity contribution in [2.24, 2.45) is 50.2 Å². The summed E-state index contributed by atoms with van der Waals surface area (Å²) in [4.78, 5) is 16.3. The van der Waals surface area contributed by atoms with Crippen LogP contribution in [-0.4, -0.2) is 451 Å². The van der Waals surface area contributed by atoms with E-state index in [1.54, 1.807) is 6.92 Å². The van der Waals surface area contributed by atoms with E-state index >= 15 is 4.79 Å². The molecule has 44 heteroatoms. The summed E-state index contributed by atoms with van der Waals surface area (Å²) < 4.78 is 110. The van der Waals surface area contributed by atoms with E-state index in [9.17, 15) is 128 Å². The number of hydrogen-bond acceptors (Lipinski definition) is 44. The van der Waals surface area contributed by atoms with Gasteiger partial charge in [-0.2, -0.15) is 0 Å². The van der Waals surface area contributed by atoms with Crippen LogP contribution in [0.5, 0.6) is 0 Å². The average Bonchev–Trinajstić information content (AvgIpc) is 0.795. The first-order valence-electron chi connectivity index (χ1n) is 42.9. The molecule has 0 unspecified atom stereocenters. The molecule has 0 aromatic carbocycles. The van der Waals surface area contributed by atoms with Gasteiger partial charge in [0.1, 0.15) is 170 Å². The fourth-order valence-corrected chi connectivity index (χ4v) is 22.9. The van der Waals surface area contributed by atoms with E-state index in [-0.39, 0.29) is 30.6 Å². The van der Waals surface area contributed by atoms with Crippen LogP contribution in [-0.2, 0) is 90.1 Å². The van der Waals surface area contributed by atoms with Gasteiger partial charge in [-0.05, 0) is 111 Å². The van der Waals surface area contributed by atoms with Crippen molar-refractivity contribution in [3.8, 4) is 0 Å². The van der Waals surface area contributed by atoms with Crippen molar-refractivity contribution >= 4 is 5.97 Å². The van der Waals surface area contributed by atoms with E-state index in [4.69, 9.17) is 85.3 Å². The highest BCUT2D eigenvalue weighted by molar-refractivity contribution is 5.79. The number of allylic oxidation sites excluding steroid dienone is 2. The Bertz CT molecular complexity index is 3600. The Morgan fingerprint density at radius 1 is 0.403 bits per heavy atom.